The van der Waals surface area contributed by atoms with Crippen molar-refractivity contribution in [2.45, 2.75) is 25.5 Å². The van der Waals surface area contributed by atoms with E-state index in [1.54, 1.807) is 0 Å². The molecular weight excluding hydrogens is 344 g/mol. The van der Waals surface area contributed by atoms with Crippen molar-refractivity contribution in [2.75, 3.05) is 5.75 Å². The van der Waals surface area contributed by atoms with Crippen LogP contribution in [0.25, 0.3) is 10.9 Å². The van der Waals surface area contributed by atoms with Gasteiger partial charge in [0, 0.05) is 5.39 Å². The van der Waals surface area contributed by atoms with Gasteiger partial charge in [0.15, 0.2) is 0 Å². The predicted molar refractivity (Wildman–Crippen MR) is 103 cm³/mol. The van der Waals surface area contributed by atoms with Gasteiger partial charge in [0.1, 0.15) is 17.7 Å². The molecule has 0 aliphatic heterocycles. The maximum Gasteiger partial charge on any atom is 0.316 e. The molecule has 4 nitrogen and oxygen atoms in total. The highest BCUT2D eigenvalue weighted by Crippen LogP contribution is 2.28. The van der Waals surface area contributed by atoms with Gasteiger partial charge in [-0.1, -0.05) is 54.2 Å². The summed E-state index contributed by atoms with van der Waals surface area (Å²) in [5.41, 5.74) is 4.41. The van der Waals surface area contributed by atoms with Crippen molar-refractivity contribution >= 4 is 28.6 Å². The Labute approximate surface area is 156 Å². The first kappa shape index (κ1) is 18.0. The topological polar surface area (TPSA) is 63.0 Å². The maximum absolute atomic E-state index is 12.0. The molecule has 0 unspecified atom stereocenters. The van der Waals surface area contributed by atoms with E-state index in [4.69, 9.17) is 4.74 Å². The summed E-state index contributed by atoms with van der Waals surface area (Å²) >= 11 is 1.24. The van der Waals surface area contributed by atoms with Crippen LogP contribution in [-0.2, 0) is 16.1 Å². The van der Waals surface area contributed by atoms with Gasteiger partial charge < -0.3 is 4.74 Å². The zero-order valence-electron chi connectivity index (χ0n) is 14.7. The lowest BCUT2D eigenvalue weighted by Crippen LogP contribution is -2.07. The maximum atomic E-state index is 12.0. The van der Waals surface area contributed by atoms with Gasteiger partial charge in [-0.25, -0.2) is 4.98 Å². The smallest absolute Gasteiger partial charge is 0.316 e. The molecule has 3 rings (SSSR count). The predicted octanol–water partition coefficient (Wildman–Crippen LogP) is 4.56. The van der Waals surface area contributed by atoms with E-state index in [1.807, 2.05) is 62.4 Å². The van der Waals surface area contributed by atoms with Crippen LogP contribution in [0.5, 0.6) is 0 Å². The Kier molecular flexibility index (Phi) is 5.55. The van der Waals surface area contributed by atoms with Crippen molar-refractivity contribution in [1.29, 1.82) is 5.26 Å². The van der Waals surface area contributed by atoms with Crippen molar-refractivity contribution in [1.82, 2.24) is 4.98 Å². The van der Waals surface area contributed by atoms with E-state index in [0.717, 1.165) is 27.6 Å². The molecule has 130 valence electrons. The van der Waals surface area contributed by atoms with Gasteiger partial charge in [0.05, 0.1) is 16.8 Å². The highest BCUT2D eigenvalue weighted by atomic mass is 32.2. The number of fused-ring (bicyclic) bond motifs is 1. The summed E-state index contributed by atoms with van der Waals surface area (Å²) in [4.78, 5) is 16.6. The molecule has 5 heteroatoms. The summed E-state index contributed by atoms with van der Waals surface area (Å²) in [6.07, 6.45) is 0. The van der Waals surface area contributed by atoms with E-state index < -0.39 is 0 Å². The summed E-state index contributed by atoms with van der Waals surface area (Å²) in [6, 6.07) is 17.6. The Morgan fingerprint density at radius 2 is 1.88 bits per heavy atom. The third kappa shape index (κ3) is 4.04. The summed E-state index contributed by atoms with van der Waals surface area (Å²) in [5.74, 6) is -0.212. The molecule has 0 amide bonds. The fourth-order valence-electron chi connectivity index (χ4n) is 2.61. The number of hydrogen-bond acceptors (Lipinski definition) is 5. The van der Waals surface area contributed by atoms with Crippen molar-refractivity contribution < 1.29 is 9.53 Å². The largest absolute Gasteiger partial charge is 0.460 e. The van der Waals surface area contributed by atoms with E-state index >= 15 is 0 Å². The van der Waals surface area contributed by atoms with E-state index in [2.05, 4.69) is 11.1 Å². The van der Waals surface area contributed by atoms with Crippen LogP contribution in [0.3, 0.4) is 0 Å². The molecule has 0 aliphatic carbocycles. The number of ether oxygens (including phenoxy) is 1. The molecule has 26 heavy (non-hydrogen) atoms. The number of nitrogens with zero attached hydrogens (tertiary/aromatic N) is 2. The Morgan fingerprint density at radius 1 is 1.15 bits per heavy atom. The van der Waals surface area contributed by atoms with Gasteiger partial charge in [0.25, 0.3) is 0 Å². The highest BCUT2D eigenvalue weighted by molar-refractivity contribution is 7.99. The van der Waals surface area contributed by atoms with Gasteiger partial charge >= 0.3 is 5.97 Å². The molecule has 0 saturated carbocycles. The molecule has 0 radical (unpaired) electrons. The number of aromatic nitrogens is 1. The first-order valence-corrected chi connectivity index (χ1v) is 9.20. The van der Waals surface area contributed by atoms with Crippen LogP contribution < -0.4 is 0 Å². The van der Waals surface area contributed by atoms with Crippen LogP contribution in [0.2, 0.25) is 0 Å². The van der Waals surface area contributed by atoms with Crippen LogP contribution in [0.4, 0.5) is 0 Å². The molecule has 1 aromatic heterocycles. The zero-order chi connectivity index (χ0) is 18.5. The summed E-state index contributed by atoms with van der Waals surface area (Å²) in [5, 5.41) is 11.0. The number of pyridine rings is 1. The number of carbonyl (C=O) groups is 1. The lowest BCUT2D eigenvalue weighted by atomic mass is 10.0. The summed E-state index contributed by atoms with van der Waals surface area (Å²) < 4.78 is 5.28. The molecule has 0 aliphatic rings. The van der Waals surface area contributed by atoms with E-state index in [1.165, 1.54) is 11.8 Å². The monoisotopic (exact) mass is 362 g/mol. The second kappa shape index (κ2) is 8.03. The molecule has 0 bridgehead atoms. The molecule has 0 fully saturated rings. The Balaban J connectivity index is 1.73. The van der Waals surface area contributed by atoms with Gasteiger partial charge in [-0.3, -0.25) is 4.79 Å². The quantitative estimate of drug-likeness (QED) is 0.492. The van der Waals surface area contributed by atoms with Crippen LogP contribution >= 0.6 is 11.8 Å². The minimum atomic E-state index is -0.328. The first-order chi connectivity index (χ1) is 12.6. The Hall–Kier alpha value is -2.84. The van der Waals surface area contributed by atoms with Crippen molar-refractivity contribution in [3.05, 3.63) is 70.8 Å². The molecule has 0 N–H and O–H groups in total. The second-order valence-electron chi connectivity index (χ2n) is 5.98. The molecule has 3 aromatic rings. The SMILES string of the molecule is Cc1ccc(C)c2nc(SCC(=O)OCc3ccccc3)c(C#N)cc12. The molecule has 0 atom stereocenters. The average Bonchev–Trinajstić information content (AvgIpc) is 2.68. The molecule has 1 heterocycles. The summed E-state index contributed by atoms with van der Waals surface area (Å²) in [7, 11) is 0. The third-order valence-corrected chi connectivity index (χ3v) is 5.02. The zero-order valence-corrected chi connectivity index (χ0v) is 15.5. The van der Waals surface area contributed by atoms with Crippen LogP contribution in [0.1, 0.15) is 22.3 Å². The van der Waals surface area contributed by atoms with Crippen LogP contribution in [0, 0.1) is 25.2 Å². The number of hydrogen-bond donors (Lipinski definition) is 0. The fourth-order valence-corrected chi connectivity index (χ4v) is 3.37. The number of nitriles is 1. The molecular formula is C21H18N2O2S. The minimum absolute atomic E-state index is 0.116. The molecule has 0 saturated heterocycles. The highest BCUT2D eigenvalue weighted by Gasteiger charge is 2.13. The number of benzene rings is 2. The van der Waals surface area contributed by atoms with Crippen molar-refractivity contribution in [3.63, 3.8) is 0 Å². The van der Waals surface area contributed by atoms with Gasteiger partial charge in [-0.05, 0) is 36.6 Å². The van der Waals surface area contributed by atoms with Gasteiger partial charge in [-0.2, -0.15) is 5.26 Å². The number of esters is 1. The summed E-state index contributed by atoms with van der Waals surface area (Å²) in [6.45, 7) is 4.23. The fraction of sp³-hybridized carbons (Fsp3) is 0.190. The van der Waals surface area contributed by atoms with Crippen LogP contribution in [-0.4, -0.2) is 16.7 Å². The second-order valence-corrected chi connectivity index (χ2v) is 6.95. The third-order valence-electron chi connectivity index (χ3n) is 4.06. The van der Waals surface area contributed by atoms with Crippen LogP contribution in [0.15, 0.2) is 53.6 Å². The average molecular weight is 362 g/mol. The van der Waals surface area contributed by atoms with Gasteiger partial charge in [-0.15, -0.1) is 0 Å². The number of thioether (sulfide) groups is 1. The Bertz CT molecular complexity index is 994. The first-order valence-electron chi connectivity index (χ1n) is 8.22. The standard InChI is InChI=1S/C21H18N2O2S/c1-14-8-9-15(2)20-18(14)10-17(11-22)21(23-20)26-13-19(24)25-12-16-6-4-3-5-7-16/h3-10H,12-13H2,1-2H3. The number of carbonyl (C=O) groups excluding carboxylic acids is 1. The van der Waals surface area contributed by atoms with Gasteiger partial charge in [0.2, 0.25) is 0 Å². The molecule has 0 spiro atoms. The minimum Gasteiger partial charge on any atom is -0.460 e. The van der Waals surface area contributed by atoms with E-state index in [0.29, 0.717) is 10.6 Å². The number of rotatable bonds is 5. The van der Waals surface area contributed by atoms with E-state index in [9.17, 15) is 10.1 Å². The van der Waals surface area contributed by atoms with Crippen molar-refractivity contribution in [2.24, 2.45) is 0 Å². The van der Waals surface area contributed by atoms with E-state index in [-0.39, 0.29) is 18.3 Å². The Morgan fingerprint density at radius 3 is 2.62 bits per heavy atom. The number of aryl methyl sites for hydroxylation is 2. The lowest BCUT2D eigenvalue weighted by Gasteiger charge is -2.09. The normalized spacial score (nSPS) is 10.5. The molecule has 2 aromatic carbocycles. The lowest BCUT2D eigenvalue weighted by molar-refractivity contribution is -0.141. The van der Waals surface area contributed by atoms with Crippen molar-refractivity contribution in [3.8, 4) is 6.07 Å².